The van der Waals surface area contributed by atoms with Crippen molar-refractivity contribution in [1.29, 1.82) is 0 Å². The molecule has 0 bridgehead atoms. The van der Waals surface area contributed by atoms with Gasteiger partial charge in [0.15, 0.2) is 0 Å². The van der Waals surface area contributed by atoms with E-state index in [2.05, 4.69) is 25.7 Å². The van der Waals surface area contributed by atoms with E-state index in [4.69, 9.17) is 0 Å². The van der Waals surface area contributed by atoms with Crippen LogP contribution in [0.5, 0.6) is 5.75 Å². The summed E-state index contributed by atoms with van der Waals surface area (Å²) >= 11 is 3.04. The number of benzene rings is 3. The topological polar surface area (TPSA) is 59.5 Å². The molecule has 192 valence electrons. The van der Waals surface area contributed by atoms with E-state index < -0.39 is 28.0 Å². The number of hydrogen-bond acceptors (Lipinski definition) is 4. The number of anilines is 1. The van der Waals surface area contributed by atoms with E-state index in [1.807, 2.05) is 24.3 Å². The third-order valence-electron chi connectivity index (χ3n) is 6.00. The van der Waals surface area contributed by atoms with Crippen LogP contribution in [0, 0.1) is 5.82 Å². The monoisotopic (exact) mass is 594 g/mol. The van der Waals surface area contributed by atoms with Crippen LogP contribution < -0.4 is 9.04 Å². The van der Waals surface area contributed by atoms with Gasteiger partial charge in [-0.2, -0.15) is 0 Å². The highest BCUT2D eigenvalue weighted by Gasteiger charge is 2.35. The number of ether oxygens (including phenoxy) is 1. The van der Waals surface area contributed by atoms with Crippen molar-refractivity contribution >= 4 is 42.5 Å². The number of sulfonamides is 1. The van der Waals surface area contributed by atoms with Gasteiger partial charge in [0, 0.05) is 17.1 Å². The molecule has 37 heavy (non-hydrogen) atoms. The van der Waals surface area contributed by atoms with Crippen molar-refractivity contribution in [2.45, 2.75) is 36.6 Å². The molecule has 1 fully saturated rings. The molecule has 0 spiro atoms. The van der Waals surface area contributed by atoms with Crippen LogP contribution in [0.2, 0.25) is 0 Å². The average molecular weight is 595 g/mol. The van der Waals surface area contributed by atoms with Crippen molar-refractivity contribution in [2.75, 3.05) is 4.31 Å². The lowest BCUT2D eigenvalue weighted by molar-refractivity contribution is -0.274. The molecule has 0 saturated heterocycles. The highest BCUT2D eigenvalue weighted by atomic mass is 79.9. The molecular formula is C26H19BrF4N2O3S. The first-order valence-corrected chi connectivity index (χ1v) is 13.5. The van der Waals surface area contributed by atoms with Gasteiger partial charge in [-0.15, -0.1) is 13.2 Å². The second-order valence-corrected chi connectivity index (χ2v) is 11.4. The molecule has 1 saturated carbocycles. The molecule has 1 aliphatic rings. The van der Waals surface area contributed by atoms with Gasteiger partial charge in [0.25, 0.3) is 10.0 Å². The summed E-state index contributed by atoms with van der Waals surface area (Å²) in [5.41, 5.74) is 1.17. The van der Waals surface area contributed by atoms with Gasteiger partial charge in [-0.05, 0) is 76.0 Å². The molecule has 4 aromatic rings. The molecule has 0 atom stereocenters. The maximum atomic E-state index is 14.4. The Kier molecular flexibility index (Phi) is 6.61. The van der Waals surface area contributed by atoms with E-state index in [1.165, 1.54) is 24.3 Å². The minimum atomic E-state index is -4.85. The number of nitrogens with zero attached hydrogens (tertiary/aromatic N) is 2. The van der Waals surface area contributed by atoms with Gasteiger partial charge in [-0.1, -0.05) is 36.4 Å². The highest BCUT2D eigenvalue weighted by molar-refractivity contribution is 9.10. The van der Waals surface area contributed by atoms with Gasteiger partial charge in [-0.3, -0.25) is 0 Å². The van der Waals surface area contributed by atoms with Gasteiger partial charge in [0.05, 0.1) is 15.9 Å². The fourth-order valence-electron chi connectivity index (χ4n) is 4.15. The predicted octanol–water partition coefficient (Wildman–Crippen LogP) is 7.31. The van der Waals surface area contributed by atoms with Crippen molar-refractivity contribution < 1.29 is 30.7 Å². The van der Waals surface area contributed by atoms with Crippen LogP contribution in [0.3, 0.4) is 0 Å². The van der Waals surface area contributed by atoms with E-state index in [0.717, 1.165) is 51.7 Å². The number of rotatable bonds is 7. The van der Waals surface area contributed by atoms with Crippen LogP contribution in [0.1, 0.15) is 29.9 Å². The molecule has 0 amide bonds. The lowest BCUT2D eigenvalue weighted by atomic mass is 10.0. The van der Waals surface area contributed by atoms with Crippen LogP contribution in [0.4, 0.5) is 23.4 Å². The third kappa shape index (κ3) is 5.42. The Balaban J connectivity index is 1.63. The second kappa shape index (κ2) is 9.60. The summed E-state index contributed by atoms with van der Waals surface area (Å²) in [7, 11) is -4.33. The maximum Gasteiger partial charge on any atom is 0.573 e. The van der Waals surface area contributed by atoms with E-state index in [9.17, 15) is 26.0 Å². The molecule has 1 aromatic heterocycles. The molecular weight excluding hydrogens is 576 g/mol. The molecule has 1 heterocycles. The van der Waals surface area contributed by atoms with Gasteiger partial charge >= 0.3 is 6.36 Å². The van der Waals surface area contributed by atoms with E-state index in [-0.39, 0.29) is 27.6 Å². The molecule has 3 aromatic carbocycles. The van der Waals surface area contributed by atoms with Crippen LogP contribution >= 0.6 is 15.9 Å². The molecule has 5 rings (SSSR count). The Hall–Kier alpha value is -3.18. The first-order chi connectivity index (χ1) is 17.5. The maximum absolute atomic E-state index is 14.4. The lowest BCUT2D eigenvalue weighted by Gasteiger charge is -2.27. The number of fused-ring (bicyclic) bond motifs is 1. The minimum Gasteiger partial charge on any atom is -0.406 e. The Morgan fingerprint density at radius 3 is 2.38 bits per heavy atom. The zero-order chi connectivity index (χ0) is 26.4. The van der Waals surface area contributed by atoms with Crippen molar-refractivity contribution in [1.82, 2.24) is 4.98 Å². The quantitative estimate of drug-likeness (QED) is 0.210. The van der Waals surface area contributed by atoms with Crippen LogP contribution in [-0.4, -0.2) is 19.8 Å². The van der Waals surface area contributed by atoms with Crippen molar-refractivity contribution in [3.63, 3.8) is 0 Å². The number of aromatic nitrogens is 1. The zero-order valence-electron chi connectivity index (χ0n) is 19.0. The average Bonchev–Trinajstić information content (AvgIpc) is 3.69. The first-order valence-electron chi connectivity index (χ1n) is 11.2. The van der Waals surface area contributed by atoms with Crippen LogP contribution in [0.15, 0.2) is 82.3 Å². The van der Waals surface area contributed by atoms with Crippen molar-refractivity contribution in [3.8, 4) is 5.75 Å². The predicted molar refractivity (Wildman–Crippen MR) is 134 cm³/mol. The number of hydrogen-bond donors (Lipinski definition) is 0. The highest BCUT2D eigenvalue weighted by Crippen LogP contribution is 2.48. The minimum absolute atomic E-state index is 0.107. The lowest BCUT2D eigenvalue weighted by Crippen LogP contribution is -2.32. The molecule has 5 nitrogen and oxygen atoms in total. The Bertz CT molecular complexity index is 1570. The molecule has 0 N–H and O–H groups in total. The van der Waals surface area contributed by atoms with Crippen molar-refractivity contribution in [2.24, 2.45) is 0 Å². The summed E-state index contributed by atoms with van der Waals surface area (Å²) in [5.74, 6) is -0.859. The fourth-order valence-corrected chi connectivity index (χ4v) is 5.84. The number of alkyl halides is 3. The van der Waals surface area contributed by atoms with Crippen molar-refractivity contribution in [3.05, 3.63) is 94.3 Å². The van der Waals surface area contributed by atoms with E-state index in [1.54, 1.807) is 6.20 Å². The number of halogens is 5. The van der Waals surface area contributed by atoms with Gasteiger partial charge in [0.2, 0.25) is 0 Å². The third-order valence-corrected chi connectivity index (χ3v) is 8.38. The van der Waals surface area contributed by atoms with E-state index >= 15 is 0 Å². The van der Waals surface area contributed by atoms with Gasteiger partial charge in [0.1, 0.15) is 17.4 Å². The fraction of sp³-hybridized carbons (Fsp3) is 0.192. The smallest absolute Gasteiger partial charge is 0.406 e. The van der Waals surface area contributed by atoms with Gasteiger partial charge in [-0.25, -0.2) is 22.1 Å². The normalized spacial score (nSPS) is 14.1. The molecule has 11 heteroatoms. The van der Waals surface area contributed by atoms with Gasteiger partial charge < -0.3 is 4.74 Å². The van der Waals surface area contributed by atoms with Crippen LogP contribution in [0.25, 0.3) is 10.8 Å². The Morgan fingerprint density at radius 2 is 1.73 bits per heavy atom. The summed E-state index contributed by atoms with van der Waals surface area (Å²) in [6, 6.07) is 16.0. The first kappa shape index (κ1) is 25.5. The summed E-state index contributed by atoms with van der Waals surface area (Å²) in [6.45, 7) is -0.239. The summed E-state index contributed by atoms with van der Waals surface area (Å²) in [5, 5.41) is 1.72. The zero-order valence-corrected chi connectivity index (χ0v) is 21.4. The molecule has 1 aliphatic carbocycles. The Morgan fingerprint density at radius 1 is 1.03 bits per heavy atom. The number of pyridine rings is 1. The molecule has 0 unspecified atom stereocenters. The largest absolute Gasteiger partial charge is 0.573 e. The summed E-state index contributed by atoms with van der Waals surface area (Å²) < 4.78 is 85.1. The SMILES string of the molecule is O=S(=O)(c1ccc(Br)c(F)c1)N(Cc1ccc(OC(F)(F)F)cc1)c1ncc2ccccc2c1C1CC1. The standard InChI is InChI=1S/C26H19BrF4N2O3S/c27-22-12-11-20(13-23(22)28)37(34,35)33(15-16-5-9-19(10-6-16)36-26(29,30)31)25-24(17-7-8-17)21-4-2-1-3-18(21)14-32-25/h1-6,9-14,17H,7-8,15H2. The van der Waals surface area contributed by atoms with Crippen LogP contribution in [-0.2, 0) is 16.6 Å². The Labute approximate surface area is 218 Å². The second-order valence-electron chi connectivity index (χ2n) is 8.64. The molecule has 0 aliphatic heterocycles. The summed E-state index contributed by atoms with van der Waals surface area (Å²) in [4.78, 5) is 4.26. The summed E-state index contributed by atoms with van der Waals surface area (Å²) in [6.07, 6.45) is -1.53. The molecule has 0 radical (unpaired) electrons. The van der Waals surface area contributed by atoms with E-state index in [0.29, 0.717) is 5.56 Å².